The Bertz CT molecular complexity index is 375. The van der Waals surface area contributed by atoms with Crippen molar-refractivity contribution in [2.75, 3.05) is 0 Å². The number of carbonyl (C=O) groups is 1. The van der Waals surface area contributed by atoms with Crippen LogP contribution in [0.1, 0.15) is 53.9 Å². The maximum atomic E-state index is 11.2. The van der Waals surface area contributed by atoms with Gasteiger partial charge in [-0.1, -0.05) is 44.1 Å². The average molecular weight is 250 g/mol. The summed E-state index contributed by atoms with van der Waals surface area (Å²) in [5.74, 6) is -0.443. The van der Waals surface area contributed by atoms with E-state index in [4.69, 9.17) is 0 Å². The second kappa shape index (κ2) is 5.73. The van der Waals surface area contributed by atoms with E-state index < -0.39 is 5.97 Å². The van der Waals surface area contributed by atoms with Gasteiger partial charge < -0.3 is 5.11 Å². The first kappa shape index (κ1) is 15.0. The van der Waals surface area contributed by atoms with E-state index in [-0.39, 0.29) is 11.3 Å². The Balaban J connectivity index is 2.84. The number of aliphatic carboxylic acids is 1. The van der Waals surface area contributed by atoms with Crippen molar-refractivity contribution in [1.29, 1.82) is 0 Å². The number of allylic oxidation sites excluding steroid dienone is 4. The molecule has 0 amide bonds. The van der Waals surface area contributed by atoms with Crippen LogP contribution >= 0.6 is 0 Å². The Labute approximate surface area is 111 Å². The summed E-state index contributed by atoms with van der Waals surface area (Å²) >= 11 is 0. The van der Waals surface area contributed by atoms with Gasteiger partial charge in [-0.3, -0.25) is 4.79 Å². The number of hydrogen-bond acceptors (Lipinski definition) is 1. The molecule has 1 aliphatic carbocycles. The van der Waals surface area contributed by atoms with Gasteiger partial charge in [0.05, 0.1) is 5.92 Å². The molecule has 0 aromatic heterocycles. The van der Waals surface area contributed by atoms with E-state index in [1.807, 2.05) is 13.8 Å². The summed E-state index contributed by atoms with van der Waals surface area (Å²) in [6.45, 7) is 10.7. The van der Waals surface area contributed by atoms with E-state index in [9.17, 15) is 9.90 Å². The molecule has 0 fully saturated rings. The topological polar surface area (TPSA) is 37.3 Å². The lowest BCUT2D eigenvalue weighted by Crippen LogP contribution is -2.25. The molecule has 0 aromatic rings. The standard InChI is InChI=1S/C16H26O2/c1-6-12(10-13(7-2)15(17)18)14-9-8-11(3)16(14,4)5/h6,8,13-14H,7,9-10H2,1-5H3,(H,17,18)/t13-,14?/m1/s1. The zero-order valence-electron chi connectivity index (χ0n) is 12.3. The van der Waals surface area contributed by atoms with Crippen molar-refractivity contribution in [3.63, 3.8) is 0 Å². The summed E-state index contributed by atoms with van der Waals surface area (Å²) < 4.78 is 0. The van der Waals surface area contributed by atoms with E-state index in [0.29, 0.717) is 18.8 Å². The van der Waals surface area contributed by atoms with Crippen molar-refractivity contribution >= 4 is 5.97 Å². The van der Waals surface area contributed by atoms with Crippen LogP contribution in [0.5, 0.6) is 0 Å². The zero-order valence-corrected chi connectivity index (χ0v) is 12.3. The normalized spacial score (nSPS) is 24.8. The minimum Gasteiger partial charge on any atom is -0.481 e. The second-order valence-corrected chi connectivity index (χ2v) is 5.91. The van der Waals surface area contributed by atoms with E-state index in [2.05, 4.69) is 32.9 Å². The van der Waals surface area contributed by atoms with Crippen molar-refractivity contribution in [2.24, 2.45) is 17.3 Å². The first-order chi connectivity index (χ1) is 8.34. The first-order valence-corrected chi connectivity index (χ1v) is 6.89. The Kier molecular flexibility index (Phi) is 4.78. The molecule has 102 valence electrons. The minimum atomic E-state index is -0.669. The SMILES string of the molecule is CC=C(C[C@@H](CC)C(=O)O)C1CC=C(C)C1(C)C. The lowest BCUT2D eigenvalue weighted by atomic mass is 9.72. The van der Waals surface area contributed by atoms with Gasteiger partial charge in [-0.25, -0.2) is 0 Å². The highest BCUT2D eigenvalue weighted by Crippen LogP contribution is 2.47. The van der Waals surface area contributed by atoms with Crippen LogP contribution in [0.3, 0.4) is 0 Å². The van der Waals surface area contributed by atoms with Crippen molar-refractivity contribution in [3.05, 3.63) is 23.3 Å². The predicted molar refractivity (Wildman–Crippen MR) is 75.4 cm³/mol. The maximum Gasteiger partial charge on any atom is 0.306 e. The third-order valence-electron chi connectivity index (χ3n) is 4.69. The highest BCUT2D eigenvalue weighted by Gasteiger charge is 2.37. The molecule has 1 N–H and O–H groups in total. The molecule has 0 radical (unpaired) electrons. The second-order valence-electron chi connectivity index (χ2n) is 5.91. The fraction of sp³-hybridized carbons (Fsp3) is 0.688. The summed E-state index contributed by atoms with van der Waals surface area (Å²) in [7, 11) is 0. The lowest BCUT2D eigenvalue weighted by Gasteiger charge is -2.32. The van der Waals surface area contributed by atoms with Crippen LogP contribution in [0, 0.1) is 17.3 Å². The number of carboxylic acid groups (broad SMARTS) is 1. The van der Waals surface area contributed by atoms with Gasteiger partial charge in [0.2, 0.25) is 0 Å². The van der Waals surface area contributed by atoms with E-state index >= 15 is 0 Å². The molecule has 2 nitrogen and oxygen atoms in total. The number of rotatable bonds is 5. The quantitative estimate of drug-likeness (QED) is 0.733. The van der Waals surface area contributed by atoms with Crippen molar-refractivity contribution in [3.8, 4) is 0 Å². The van der Waals surface area contributed by atoms with Crippen LogP contribution < -0.4 is 0 Å². The van der Waals surface area contributed by atoms with Crippen molar-refractivity contribution in [1.82, 2.24) is 0 Å². The third kappa shape index (κ3) is 2.85. The molecule has 18 heavy (non-hydrogen) atoms. The summed E-state index contributed by atoms with van der Waals surface area (Å²) in [5.41, 5.74) is 2.90. The lowest BCUT2D eigenvalue weighted by molar-refractivity contribution is -0.141. The molecule has 0 aliphatic heterocycles. The van der Waals surface area contributed by atoms with Gasteiger partial charge in [-0.15, -0.1) is 0 Å². The molecule has 0 saturated heterocycles. The molecular weight excluding hydrogens is 224 g/mol. The first-order valence-electron chi connectivity index (χ1n) is 6.89. The molecule has 1 aliphatic rings. The fourth-order valence-electron chi connectivity index (χ4n) is 2.89. The number of hydrogen-bond donors (Lipinski definition) is 1. The third-order valence-corrected chi connectivity index (χ3v) is 4.69. The van der Waals surface area contributed by atoms with Gasteiger partial charge in [-0.2, -0.15) is 0 Å². The largest absolute Gasteiger partial charge is 0.481 e. The van der Waals surface area contributed by atoms with Crippen LogP contribution in [0.15, 0.2) is 23.3 Å². The van der Waals surface area contributed by atoms with Gasteiger partial charge in [0.1, 0.15) is 0 Å². The van der Waals surface area contributed by atoms with Gasteiger partial charge in [0.25, 0.3) is 0 Å². The monoisotopic (exact) mass is 250 g/mol. The van der Waals surface area contributed by atoms with Gasteiger partial charge in [0, 0.05) is 0 Å². The maximum absolute atomic E-state index is 11.2. The molecule has 0 spiro atoms. The smallest absolute Gasteiger partial charge is 0.306 e. The highest BCUT2D eigenvalue weighted by molar-refractivity contribution is 5.70. The fourth-order valence-corrected chi connectivity index (χ4v) is 2.89. The van der Waals surface area contributed by atoms with E-state index in [1.54, 1.807) is 0 Å². The van der Waals surface area contributed by atoms with Crippen LogP contribution in [-0.4, -0.2) is 11.1 Å². The summed E-state index contributed by atoms with van der Waals surface area (Å²) in [4.78, 5) is 11.2. The molecule has 0 heterocycles. The van der Waals surface area contributed by atoms with Gasteiger partial charge in [0.15, 0.2) is 0 Å². The highest BCUT2D eigenvalue weighted by atomic mass is 16.4. The Morgan fingerprint density at radius 3 is 2.56 bits per heavy atom. The van der Waals surface area contributed by atoms with Crippen molar-refractivity contribution < 1.29 is 9.90 Å². The van der Waals surface area contributed by atoms with Crippen LogP contribution in [0.4, 0.5) is 0 Å². The Morgan fingerprint density at radius 2 is 2.22 bits per heavy atom. The molecule has 2 atom stereocenters. The van der Waals surface area contributed by atoms with E-state index in [0.717, 1.165) is 6.42 Å². The summed E-state index contributed by atoms with van der Waals surface area (Å²) in [5, 5.41) is 9.20. The molecule has 1 unspecified atom stereocenters. The Hall–Kier alpha value is -1.05. The van der Waals surface area contributed by atoms with Crippen LogP contribution in [0.2, 0.25) is 0 Å². The number of carboxylic acids is 1. The minimum absolute atomic E-state index is 0.165. The molecular formula is C16H26O2. The molecule has 0 saturated carbocycles. The summed E-state index contributed by atoms with van der Waals surface area (Å²) in [6, 6.07) is 0. The Morgan fingerprint density at radius 1 is 1.61 bits per heavy atom. The van der Waals surface area contributed by atoms with Crippen molar-refractivity contribution in [2.45, 2.75) is 53.9 Å². The van der Waals surface area contributed by atoms with E-state index in [1.165, 1.54) is 11.1 Å². The van der Waals surface area contributed by atoms with Gasteiger partial charge in [-0.05, 0) is 44.4 Å². The van der Waals surface area contributed by atoms with Crippen LogP contribution in [0.25, 0.3) is 0 Å². The summed E-state index contributed by atoms with van der Waals surface area (Å²) in [6.07, 6.45) is 6.87. The molecule has 1 rings (SSSR count). The predicted octanol–water partition coefficient (Wildman–Crippen LogP) is 4.43. The molecule has 2 heteroatoms. The average Bonchev–Trinajstić information content (AvgIpc) is 2.56. The molecule has 0 aromatic carbocycles. The zero-order chi connectivity index (χ0) is 13.9. The van der Waals surface area contributed by atoms with Crippen LogP contribution in [-0.2, 0) is 4.79 Å². The van der Waals surface area contributed by atoms with Gasteiger partial charge >= 0.3 is 5.97 Å². The molecule has 0 bridgehead atoms.